The van der Waals surface area contributed by atoms with Gasteiger partial charge in [-0.2, -0.15) is 0 Å². The number of aromatic nitrogens is 1. The number of fused-ring (bicyclic) bond motifs is 1. The van der Waals surface area contributed by atoms with Gasteiger partial charge in [0.1, 0.15) is 0 Å². The molecule has 4 rings (SSSR count). The predicted octanol–water partition coefficient (Wildman–Crippen LogP) is 4.97. The molecule has 0 saturated heterocycles. The first kappa shape index (κ1) is 21.2. The van der Waals surface area contributed by atoms with E-state index in [1.807, 2.05) is 31.2 Å². The lowest BCUT2D eigenvalue weighted by Gasteiger charge is -2.26. The molecule has 0 aliphatic heterocycles. The number of aryl methyl sites for hydroxylation is 3. The maximum Gasteiger partial charge on any atom is 0.336 e. The molecule has 3 aromatic rings. The molecule has 1 aliphatic carbocycles. The fraction of sp³-hybridized carbons (Fsp3) is 0.280. The minimum absolute atomic E-state index is 0.279. The second-order valence-corrected chi connectivity index (χ2v) is 10.1. The van der Waals surface area contributed by atoms with Crippen molar-refractivity contribution in [2.45, 2.75) is 54.7 Å². The fourth-order valence-electron chi connectivity index (χ4n) is 4.38. The van der Waals surface area contributed by atoms with Gasteiger partial charge in [-0.05, 0) is 92.0 Å². The third kappa shape index (κ3) is 4.39. The van der Waals surface area contributed by atoms with Crippen molar-refractivity contribution in [1.29, 1.82) is 0 Å². The average Bonchev–Trinajstić information content (AvgIpc) is 2.77. The highest BCUT2D eigenvalue weighted by molar-refractivity contribution is 7.91. The maximum atomic E-state index is 13.1. The van der Waals surface area contributed by atoms with Crippen molar-refractivity contribution in [3.8, 4) is 0 Å². The lowest BCUT2D eigenvalue weighted by molar-refractivity contribution is 0.0695. The summed E-state index contributed by atoms with van der Waals surface area (Å²) in [6.07, 6.45) is 7.43. The number of benzene rings is 2. The number of sulfone groups is 1. The Morgan fingerprint density at radius 3 is 2.58 bits per heavy atom. The first-order valence-electron chi connectivity index (χ1n) is 10.5. The van der Waals surface area contributed by atoms with Gasteiger partial charge in [0.2, 0.25) is 9.84 Å². The van der Waals surface area contributed by atoms with E-state index in [1.165, 1.54) is 17.8 Å². The van der Waals surface area contributed by atoms with Gasteiger partial charge in [-0.1, -0.05) is 23.8 Å². The Bertz CT molecular complexity index is 1220. The van der Waals surface area contributed by atoms with E-state index in [9.17, 15) is 18.3 Å². The zero-order valence-corrected chi connectivity index (χ0v) is 18.2. The topological polar surface area (TPSA) is 84.3 Å². The molecular weight excluding hydrogens is 410 g/mol. The van der Waals surface area contributed by atoms with E-state index in [0.29, 0.717) is 21.8 Å². The molecule has 1 atom stereocenters. The Morgan fingerprint density at radius 1 is 1.10 bits per heavy atom. The molecule has 0 unspecified atom stereocenters. The number of carboxylic acid groups (broad SMARTS) is 1. The molecule has 0 spiro atoms. The Hall–Kier alpha value is -2.99. The van der Waals surface area contributed by atoms with Crippen molar-refractivity contribution < 1.29 is 18.3 Å². The normalized spacial score (nSPS) is 16.0. The van der Waals surface area contributed by atoms with Crippen LogP contribution in [0.2, 0.25) is 0 Å². The van der Waals surface area contributed by atoms with Gasteiger partial charge in [0.25, 0.3) is 0 Å². The zero-order valence-electron chi connectivity index (χ0n) is 17.4. The van der Waals surface area contributed by atoms with Crippen LogP contribution in [-0.2, 0) is 22.7 Å². The number of hydrogen-bond donors (Lipinski definition) is 1. The van der Waals surface area contributed by atoms with Crippen molar-refractivity contribution in [2.75, 3.05) is 0 Å². The summed E-state index contributed by atoms with van der Waals surface area (Å²) in [6, 6.07) is 13.9. The third-order valence-corrected chi connectivity index (χ3v) is 7.86. The number of rotatable bonds is 6. The monoisotopic (exact) mass is 435 g/mol. The minimum atomic E-state index is -3.55. The standard InChI is InChI=1S/C25H25NO4S/c1-17-5-9-21(10-6-17)31(29,30)22-11-12-23-18(3-2-4-19(23)15-22)7-8-20-16-26-14-13-24(20)25(27)28/h5-6,9-16,18H,2-4,7-8H2,1H3,(H,27,28)/t18-/m0/s1. The van der Waals surface area contributed by atoms with Crippen molar-refractivity contribution >= 4 is 15.8 Å². The number of hydrogen-bond acceptors (Lipinski definition) is 4. The van der Waals surface area contributed by atoms with Gasteiger partial charge in [-0.15, -0.1) is 0 Å². The molecule has 5 nitrogen and oxygen atoms in total. The highest BCUT2D eigenvalue weighted by Gasteiger charge is 2.24. The van der Waals surface area contributed by atoms with Crippen LogP contribution < -0.4 is 0 Å². The Kier molecular flexibility index (Phi) is 5.92. The van der Waals surface area contributed by atoms with Crippen LogP contribution in [0.15, 0.2) is 70.7 Å². The number of carboxylic acids is 1. The molecule has 0 bridgehead atoms. The van der Waals surface area contributed by atoms with Crippen LogP contribution in [0, 0.1) is 6.92 Å². The predicted molar refractivity (Wildman–Crippen MR) is 118 cm³/mol. The van der Waals surface area contributed by atoms with Crippen molar-refractivity contribution in [1.82, 2.24) is 4.98 Å². The van der Waals surface area contributed by atoms with E-state index in [2.05, 4.69) is 4.98 Å². The van der Waals surface area contributed by atoms with E-state index in [0.717, 1.165) is 42.4 Å². The molecule has 0 fully saturated rings. The van der Waals surface area contributed by atoms with Gasteiger partial charge >= 0.3 is 5.97 Å². The maximum absolute atomic E-state index is 13.1. The molecule has 0 amide bonds. The van der Waals surface area contributed by atoms with Crippen molar-refractivity contribution in [3.05, 3.63) is 88.7 Å². The average molecular weight is 436 g/mol. The van der Waals surface area contributed by atoms with Gasteiger partial charge < -0.3 is 5.11 Å². The molecule has 1 N–H and O–H groups in total. The fourth-order valence-corrected chi connectivity index (χ4v) is 5.69. The molecule has 2 aromatic carbocycles. The number of nitrogens with zero attached hydrogens (tertiary/aromatic N) is 1. The second kappa shape index (κ2) is 8.63. The van der Waals surface area contributed by atoms with Gasteiger partial charge in [0.15, 0.2) is 0 Å². The first-order chi connectivity index (χ1) is 14.9. The van der Waals surface area contributed by atoms with Crippen LogP contribution in [0.4, 0.5) is 0 Å². The quantitative estimate of drug-likeness (QED) is 0.591. The van der Waals surface area contributed by atoms with E-state index in [1.54, 1.807) is 24.4 Å². The van der Waals surface area contributed by atoms with E-state index in [4.69, 9.17) is 0 Å². The smallest absolute Gasteiger partial charge is 0.336 e. The molecule has 31 heavy (non-hydrogen) atoms. The molecule has 1 aromatic heterocycles. The number of pyridine rings is 1. The summed E-state index contributed by atoms with van der Waals surface area (Å²) < 4.78 is 26.1. The summed E-state index contributed by atoms with van der Waals surface area (Å²) in [7, 11) is -3.55. The van der Waals surface area contributed by atoms with Gasteiger partial charge in [-0.3, -0.25) is 4.98 Å². The van der Waals surface area contributed by atoms with Crippen LogP contribution in [0.25, 0.3) is 0 Å². The van der Waals surface area contributed by atoms with Crippen LogP contribution in [0.3, 0.4) is 0 Å². The molecule has 160 valence electrons. The van der Waals surface area contributed by atoms with E-state index in [-0.39, 0.29) is 5.92 Å². The summed E-state index contributed by atoms with van der Waals surface area (Å²) in [5, 5.41) is 9.39. The van der Waals surface area contributed by atoms with Gasteiger partial charge in [-0.25, -0.2) is 13.2 Å². The second-order valence-electron chi connectivity index (χ2n) is 8.14. The highest BCUT2D eigenvalue weighted by atomic mass is 32.2. The van der Waals surface area contributed by atoms with Crippen molar-refractivity contribution in [2.24, 2.45) is 0 Å². The Balaban J connectivity index is 1.58. The minimum Gasteiger partial charge on any atom is -0.478 e. The molecule has 1 heterocycles. The van der Waals surface area contributed by atoms with Gasteiger partial charge in [0, 0.05) is 12.4 Å². The molecule has 0 saturated carbocycles. The Labute approximate surface area is 182 Å². The van der Waals surface area contributed by atoms with E-state index >= 15 is 0 Å². The van der Waals surface area contributed by atoms with E-state index < -0.39 is 15.8 Å². The SMILES string of the molecule is Cc1ccc(S(=O)(=O)c2ccc3c(c2)CCC[C@H]3CCc2cnccc2C(=O)O)cc1. The Morgan fingerprint density at radius 2 is 1.84 bits per heavy atom. The number of carbonyl (C=O) groups is 1. The largest absolute Gasteiger partial charge is 0.478 e. The molecule has 6 heteroatoms. The summed E-state index contributed by atoms with van der Waals surface area (Å²) in [4.78, 5) is 16.2. The summed E-state index contributed by atoms with van der Waals surface area (Å²) >= 11 is 0. The van der Waals surface area contributed by atoms with Crippen LogP contribution >= 0.6 is 0 Å². The third-order valence-electron chi connectivity index (χ3n) is 6.09. The first-order valence-corrected chi connectivity index (χ1v) is 12.0. The van der Waals surface area contributed by atoms with Crippen molar-refractivity contribution in [3.63, 3.8) is 0 Å². The number of aromatic carboxylic acids is 1. The van der Waals surface area contributed by atoms with Crippen LogP contribution in [0.5, 0.6) is 0 Å². The lowest BCUT2D eigenvalue weighted by atomic mass is 9.80. The van der Waals surface area contributed by atoms with Gasteiger partial charge in [0.05, 0.1) is 15.4 Å². The molecule has 0 radical (unpaired) electrons. The molecule has 1 aliphatic rings. The lowest BCUT2D eigenvalue weighted by Crippen LogP contribution is -2.13. The highest BCUT2D eigenvalue weighted by Crippen LogP contribution is 2.37. The summed E-state index contributed by atoms with van der Waals surface area (Å²) in [6.45, 7) is 1.93. The summed E-state index contributed by atoms with van der Waals surface area (Å²) in [5.74, 6) is -0.658. The summed E-state index contributed by atoms with van der Waals surface area (Å²) in [5.41, 5.74) is 4.31. The zero-order chi connectivity index (χ0) is 22.0. The van der Waals surface area contributed by atoms with Crippen LogP contribution in [-0.4, -0.2) is 24.5 Å². The van der Waals surface area contributed by atoms with Crippen LogP contribution in [0.1, 0.15) is 57.8 Å². The molecular formula is C25H25NO4S.